The highest BCUT2D eigenvalue weighted by Crippen LogP contribution is 2.35. The molecule has 2 N–H and O–H groups in total. The molecule has 2 fully saturated rings. The van der Waals surface area contributed by atoms with Crippen LogP contribution >= 0.6 is 0 Å². The Balaban J connectivity index is 0.000000277. The highest BCUT2D eigenvalue weighted by molar-refractivity contribution is 4.80. The van der Waals surface area contributed by atoms with Gasteiger partial charge in [0.15, 0.2) is 0 Å². The molecule has 0 saturated heterocycles. The summed E-state index contributed by atoms with van der Waals surface area (Å²) >= 11 is 0. The van der Waals surface area contributed by atoms with Gasteiger partial charge < -0.3 is 10.6 Å². The summed E-state index contributed by atoms with van der Waals surface area (Å²) < 4.78 is 0. The van der Waals surface area contributed by atoms with Crippen LogP contribution in [0.4, 0.5) is 0 Å². The van der Waals surface area contributed by atoms with Gasteiger partial charge >= 0.3 is 0 Å². The number of nitrogens with two attached hydrogens (primary N) is 1. The van der Waals surface area contributed by atoms with E-state index in [9.17, 15) is 0 Å². The van der Waals surface area contributed by atoms with E-state index in [1.165, 1.54) is 57.8 Å². The molecule has 2 aliphatic carbocycles. The Bertz CT molecular complexity index is 275. The Morgan fingerprint density at radius 3 is 2.04 bits per heavy atom. The van der Waals surface area contributed by atoms with E-state index in [1.54, 1.807) is 0 Å². The number of rotatable bonds is 7. The number of nitrogens with zero attached hydrogens (tertiary/aromatic N) is 1. The van der Waals surface area contributed by atoms with Gasteiger partial charge in [-0.1, -0.05) is 40.5 Å². The summed E-state index contributed by atoms with van der Waals surface area (Å²) in [6, 6.07) is 1.52. The highest BCUT2D eigenvalue weighted by atomic mass is 15.2. The highest BCUT2D eigenvalue weighted by Gasteiger charge is 2.25. The average molecular weight is 325 g/mol. The first-order valence-electron chi connectivity index (χ1n) is 10.4. The quantitative estimate of drug-likeness (QED) is 0.674. The molecule has 0 aromatic heterocycles. The molecule has 0 heterocycles. The first-order valence-corrected chi connectivity index (χ1v) is 10.4. The Morgan fingerprint density at radius 2 is 1.61 bits per heavy atom. The Labute approximate surface area is 146 Å². The van der Waals surface area contributed by atoms with E-state index in [4.69, 9.17) is 5.73 Å². The second-order valence-corrected chi connectivity index (χ2v) is 8.45. The van der Waals surface area contributed by atoms with Crippen LogP contribution in [0.15, 0.2) is 0 Å². The van der Waals surface area contributed by atoms with Crippen molar-refractivity contribution in [3.63, 3.8) is 0 Å². The fourth-order valence-electron chi connectivity index (χ4n) is 4.55. The van der Waals surface area contributed by atoms with Crippen LogP contribution in [0.2, 0.25) is 0 Å². The van der Waals surface area contributed by atoms with E-state index in [2.05, 4.69) is 39.6 Å². The van der Waals surface area contributed by atoms with Gasteiger partial charge in [0.1, 0.15) is 0 Å². The predicted octanol–water partition coefficient (Wildman–Crippen LogP) is 5.46. The van der Waals surface area contributed by atoms with Crippen LogP contribution in [0.3, 0.4) is 0 Å². The third kappa shape index (κ3) is 7.56. The molecule has 0 amide bonds. The Hall–Kier alpha value is -0.0800. The van der Waals surface area contributed by atoms with Gasteiger partial charge in [0.05, 0.1) is 0 Å². The molecule has 1 atom stereocenters. The molecular formula is C21H44N2. The second-order valence-electron chi connectivity index (χ2n) is 8.45. The summed E-state index contributed by atoms with van der Waals surface area (Å²) in [6.45, 7) is 10.1. The van der Waals surface area contributed by atoms with E-state index in [0.29, 0.717) is 6.04 Å². The Kier molecular flexibility index (Phi) is 10.5. The fraction of sp³-hybridized carbons (Fsp3) is 1.00. The molecule has 2 aliphatic rings. The summed E-state index contributed by atoms with van der Waals surface area (Å²) in [5.74, 6) is 3.10. The maximum Gasteiger partial charge on any atom is 0.0104 e. The lowest BCUT2D eigenvalue weighted by Gasteiger charge is -2.38. The molecule has 0 bridgehead atoms. The minimum absolute atomic E-state index is 0.702. The smallest absolute Gasteiger partial charge is 0.0104 e. The molecule has 0 aromatic rings. The second kappa shape index (κ2) is 11.5. The summed E-state index contributed by atoms with van der Waals surface area (Å²) in [6.07, 6.45) is 13.9. The zero-order valence-electron chi connectivity index (χ0n) is 16.7. The van der Waals surface area contributed by atoms with E-state index < -0.39 is 0 Å². The molecule has 0 aliphatic heterocycles. The topological polar surface area (TPSA) is 29.3 Å². The van der Waals surface area contributed by atoms with Crippen molar-refractivity contribution in [2.24, 2.45) is 23.5 Å². The van der Waals surface area contributed by atoms with E-state index >= 15 is 0 Å². The number of hydrogen-bond donors (Lipinski definition) is 1. The predicted molar refractivity (Wildman–Crippen MR) is 104 cm³/mol. The first kappa shape index (κ1) is 21.0. The summed E-state index contributed by atoms with van der Waals surface area (Å²) in [7, 11) is 2.30. The molecule has 1 unspecified atom stereocenters. The molecule has 0 radical (unpaired) electrons. The van der Waals surface area contributed by atoms with Gasteiger partial charge in [-0.3, -0.25) is 0 Å². The maximum absolute atomic E-state index is 5.67. The normalized spacial score (nSPS) is 32.0. The van der Waals surface area contributed by atoms with Crippen LogP contribution in [-0.4, -0.2) is 30.6 Å². The molecule has 0 spiro atoms. The standard InChI is InChI=1S/C13H28N2.C8H16/c1-4-12(9-10-14)15(3)13-7-5-11(2)6-8-13;1-3-4-8-5-7(2)6-8/h11-13H,4-10,14H2,1-3H3;7-8H,3-6H2,1-2H3. The van der Waals surface area contributed by atoms with Crippen LogP contribution < -0.4 is 5.73 Å². The SMILES string of the molecule is CCC(CCN)N(C)C1CCC(C)CC1.CCCC1CC(C)C1. The van der Waals surface area contributed by atoms with Gasteiger partial charge in [0, 0.05) is 12.1 Å². The van der Waals surface area contributed by atoms with Crippen molar-refractivity contribution in [1.29, 1.82) is 0 Å². The largest absolute Gasteiger partial charge is 0.330 e. The maximum atomic E-state index is 5.67. The summed E-state index contributed by atoms with van der Waals surface area (Å²) in [5.41, 5.74) is 5.67. The lowest BCUT2D eigenvalue weighted by Crippen LogP contribution is -2.42. The first-order chi connectivity index (χ1) is 11.0. The lowest BCUT2D eigenvalue weighted by atomic mass is 9.74. The summed E-state index contributed by atoms with van der Waals surface area (Å²) in [4.78, 5) is 2.60. The van der Waals surface area contributed by atoms with Gasteiger partial charge in [-0.05, 0) is 82.7 Å². The van der Waals surface area contributed by atoms with Crippen molar-refractivity contribution in [1.82, 2.24) is 4.90 Å². The van der Waals surface area contributed by atoms with Crippen molar-refractivity contribution in [2.75, 3.05) is 13.6 Å². The van der Waals surface area contributed by atoms with Crippen molar-refractivity contribution < 1.29 is 0 Å². The van der Waals surface area contributed by atoms with E-state index in [-0.39, 0.29) is 0 Å². The van der Waals surface area contributed by atoms with Crippen LogP contribution in [0.1, 0.15) is 91.9 Å². The third-order valence-electron chi connectivity index (χ3n) is 6.28. The van der Waals surface area contributed by atoms with Crippen LogP contribution in [0.5, 0.6) is 0 Å². The minimum Gasteiger partial charge on any atom is -0.330 e. The third-order valence-corrected chi connectivity index (χ3v) is 6.28. The molecule has 138 valence electrons. The van der Waals surface area contributed by atoms with Gasteiger partial charge in [-0.2, -0.15) is 0 Å². The molecule has 0 aromatic carbocycles. The minimum atomic E-state index is 0.702. The van der Waals surface area contributed by atoms with Gasteiger partial charge in [0.25, 0.3) is 0 Å². The molecule has 23 heavy (non-hydrogen) atoms. The van der Waals surface area contributed by atoms with Crippen LogP contribution in [0, 0.1) is 17.8 Å². The van der Waals surface area contributed by atoms with E-state index in [1.807, 2.05) is 0 Å². The van der Waals surface area contributed by atoms with Crippen LogP contribution in [0.25, 0.3) is 0 Å². The van der Waals surface area contributed by atoms with Crippen LogP contribution in [-0.2, 0) is 0 Å². The van der Waals surface area contributed by atoms with Crippen molar-refractivity contribution in [2.45, 2.75) is 104 Å². The summed E-state index contributed by atoms with van der Waals surface area (Å²) in [5, 5.41) is 0. The van der Waals surface area contributed by atoms with Crippen molar-refractivity contribution in [3.05, 3.63) is 0 Å². The molecule has 2 saturated carbocycles. The lowest BCUT2D eigenvalue weighted by molar-refractivity contribution is 0.116. The fourth-order valence-corrected chi connectivity index (χ4v) is 4.55. The van der Waals surface area contributed by atoms with E-state index in [0.717, 1.165) is 36.8 Å². The molecule has 2 rings (SSSR count). The zero-order valence-corrected chi connectivity index (χ0v) is 16.7. The Morgan fingerprint density at radius 1 is 1.00 bits per heavy atom. The average Bonchev–Trinajstić information content (AvgIpc) is 2.52. The molecular weight excluding hydrogens is 280 g/mol. The van der Waals surface area contributed by atoms with Gasteiger partial charge in [0.2, 0.25) is 0 Å². The van der Waals surface area contributed by atoms with Crippen molar-refractivity contribution >= 4 is 0 Å². The molecule has 2 nitrogen and oxygen atoms in total. The molecule has 2 heteroatoms. The monoisotopic (exact) mass is 324 g/mol. The van der Waals surface area contributed by atoms with Gasteiger partial charge in [-0.25, -0.2) is 0 Å². The number of hydrogen-bond acceptors (Lipinski definition) is 2. The van der Waals surface area contributed by atoms with Crippen molar-refractivity contribution in [3.8, 4) is 0 Å². The van der Waals surface area contributed by atoms with Gasteiger partial charge in [-0.15, -0.1) is 0 Å². The zero-order chi connectivity index (χ0) is 17.2.